The number of nitrogens with zero attached hydrogens (tertiary/aromatic N) is 2. The van der Waals surface area contributed by atoms with E-state index in [4.69, 9.17) is 5.10 Å². The number of H-pyrrole nitrogens is 1. The number of pyridine rings is 1. The molecule has 1 N–H and O–H groups in total. The molecular formula is C18H15N3OS. The molecule has 3 heterocycles. The van der Waals surface area contributed by atoms with Gasteiger partial charge in [-0.05, 0) is 29.5 Å². The highest BCUT2D eigenvalue weighted by molar-refractivity contribution is 7.13. The largest absolute Gasteiger partial charge is 0.307 e. The maximum atomic E-state index is 11.9. The van der Waals surface area contributed by atoms with Crippen LogP contribution in [0, 0.1) is 6.92 Å². The zero-order valence-electron chi connectivity index (χ0n) is 12.6. The van der Waals surface area contributed by atoms with E-state index in [0.29, 0.717) is 6.54 Å². The summed E-state index contributed by atoms with van der Waals surface area (Å²) in [6.45, 7) is 2.59. The van der Waals surface area contributed by atoms with Crippen molar-refractivity contribution in [2.75, 3.05) is 0 Å². The van der Waals surface area contributed by atoms with Gasteiger partial charge in [-0.25, -0.2) is 4.68 Å². The molecule has 0 amide bonds. The number of aryl methyl sites for hydroxylation is 1. The Balaban J connectivity index is 1.96. The zero-order chi connectivity index (χ0) is 15.8. The predicted octanol–water partition coefficient (Wildman–Crippen LogP) is 3.81. The van der Waals surface area contributed by atoms with E-state index in [1.807, 2.05) is 41.3 Å². The second-order valence-corrected chi connectivity index (χ2v) is 6.46. The van der Waals surface area contributed by atoms with Crippen LogP contribution in [-0.4, -0.2) is 14.8 Å². The van der Waals surface area contributed by atoms with Crippen LogP contribution in [0.4, 0.5) is 0 Å². The van der Waals surface area contributed by atoms with E-state index < -0.39 is 0 Å². The molecule has 0 radical (unpaired) electrons. The Morgan fingerprint density at radius 3 is 2.74 bits per heavy atom. The second-order valence-electron chi connectivity index (χ2n) is 5.51. The van der Waals surface area contributed by atoms with Gasteiger partial charge in [-0.15, -0.1) is 11.3 Å². The van der Waals surface area contributed by atoms with Crippen molar-refractivity contribution in [3.05, 3.63) is 75.4 Å². The van der Waals surface area contributed by atoms with Crippen LogP contribution in [0.3, 0.4) is 0 Å². The summed E-state index contributed by atoms with van der Waals surface area (Å²) in [5.41, 5.74) is 3.72. The monoisotopic (exact) mass is 321 g/mol. The van der Waals surface area contributed by atoms with Gasteiger partial charge in [0.15, 0.2) is 0 Å². The van der Waals surface area contributed by atoms with Crippen LogP contribution < -0.4 is 5.56 Å². The maximum Gasteiger partial charge on any atom is 0.249 e. The molecular weight excluding hydrogens is 306 g/mol. The standard InChI is InChI=1S/C18H15N3OS/c1-12-10-15(22)19-18-16(12)17(14-8-5-9-23-14)20-21(18)11-13-6-3-2-4-7-13/h2-10H,11H2,1H3,(H,19,22). The van der Waals surface area contributed by atoms with Gasteiger partial charge >= 0.3 is 0 Å². The maximum absolute atomic E-state index is 11.9. The van der Waals surface area contributed by atoms with E-state index in [1.54, 1.807) is 17.4 Å². The molecule has 0 fully saturated rings. The SMILES string of the molecule is Cc1cc(=O)[nH]c2c1c(-c1cccs1)nn2Cc1ccccc1. The summed E-state index contributed by atoms with van der Waals surface area (Å²) in [5, 5.41) is 7.84. The normalized spacial score (nSPS) is 11.2. The fourth-order valence-corrected chi connectivity index (χ4v) is 3.56. The number of fused-ring (bicyclic) bond motifs is 1. The Hall–Kier alpha value is -2.66. The van der Waals surface area contributed by atoms with Gasteiger partial charge in [0, 0.05) is 11.5 Å². The lowest BCUT2D eigenvalue weighted by Crippen LogP contribution is -2.09. The smallest absolute Gasteiger partial charge is 0.249 e. The van der Waals surface area contributed by atoms with Crippen molar-refractivity contribution in [3.8, 4) is 10.6 Å². The highest BCUT2D eigenvalue weighted by Gasteiger charge is 2.16. The molecule has 5 heteroatoms. The minimum Gasteiger partial charge on any atom is -0.307 e. The lowest BCUT2D eigenvalue weighted by molar-refractivity contribution is 0.706. The number of thiophene rings is 1. The first-order valence-corrected chi connectivity index (χ1v) is 8.28. The van der Waals surface area contributed by atoms with Crippen LogP contribution >= 0.6 is 11.3 Å². The molecule has 4 aromatic rings. The fraction of sp³-hybridized carbons (Fsp3) is 0.111. The molecule has 0 atom stereocenters. The third-order valence-corrected chi connectivity index (χ3v) is 4.74. The second kappa shape index (κ2) is 5.52. The lowest BCUT2D eigenvalue weighted by atomic mass is 10.1. The van der Waals surface area contributed by atoms with Gasteiger partial charge in [-0.3, -0.25) is 4.79 Å². The molecule has 0 aliphatic carbocycles. The van der Waals surface area contributed by atoms with Gasteiger partial charge in [0.1, 0.15) is 11.3 Å². The average Bonchev–Trinajstić information content (AvgIpc) is 3.17. The van der Waals surface area contributed by atoms with Crippen LogP contribution in [0.1, 0.15) is 11.1 Å². The van der Waals surface area contributed by atoms with Crippen molar-refractivity contribution in [1.82, 2.24) is 14.8 Å². The first-order chi connectivity index (χ1) is 11.2. The Morgan fingerprint density at radius 1 is 1.17 bits per heavy atom. The topological polar surface area (TPSA) is 50.7 Å². The molecule has 0 spiro atoms. The molecule has 0 aliphatic rings. The highest BCUT2D eigenvalue weighted by atomic mass is 32.1. The highest BCUT2D eigenvalue weighted by Crippen LogP contribution is 2.31. The van der Waals surface area contributed by atoms with Gasteiger partial charge in [0.2, 0.25) is 5.56 Å². The van der Waals surface area contributed by atoms with Crippen molar-refractivity contribution in [2.45, 2.75) is 13.5 Å². The minimum absolute atomic E-state index is 0.0954. The van der Waals surface area contributed by atoms with E-state index in [1.165, 1.54) is 0 Å². The summed E-state index contributed by atoms with van der Waals surface area (Å²) in [7, 11) is 0. The Morgan fingerprint density at radius 2 is 2.00 bits per heavy atom. The van der Waals surface area contributed by atoms with Gasteiger partial charge < -0.3 is 4.98 Å². The molecule has 0 bridgehead atoms. The van der Waals surface area contributed by atoms with Crippen LogP contribution in [0.5, 0.6) is 0 Å². The number of aromatic nitrogens is 3. The minimum atomic E-state index is -0.0954. The van der Waals surface area contributed by atoms with Crippen LogP contribution in [0.15, 0.2) is 58.7 Å². The van der Waals surface area contributed by atoms with Gasteiger partial charge in [0.25, 0.3) is 0 Å². The van der Waals surface area contributed by atoms with Crippen molar-refractivity contribution in [2.24, 2.45) is 0 Å². The summed E-state index contributed by atoms with van der Waals surface area (Å²) in [6.07, 6.45) is 0. The molecule has 4 rings (SSSR count). The Kier molecular flexibility index (Phi) is 3.35. The van der Waals surface area contributed by atoms with Gasteiger partial charge in [-0.2, -0.15) is 5.10 Å². The van der Waals surface area contributed by atoms with Crippen molar-refractivity contribution >= 4 is 22.4 Å². The van der Waals surface area contributed by atoms with Crippen molar-refractivity contribution < 1.29 is 0 Å². The molecule has 3 aromatic heterocycles. The number of hydrogen-bond acceptors (Lipinski definition) is 3. The number of rotatable bonds is 3. The lowest BCUT2D eigenvalue weighted by Gasteiger charge is -2.03. The van der Waals surface area contributed by atoms with E-state index in [9.17, 15) is 4.79 Å². The van der Waals surface area contributed by atoms with Crippen molar-refractivity contribution in [3.63, 3.8) is 0 Å². The summed E-state index contributed by atoms with van der Waals surface area (Å²) in [5.74, 6) is 0. The molecule has 0 saturated carbocycles. The molecule has 0 aliphatic heterocycles. The number of aromatic amines is 1. The predicted molar refractivity (Wildman–Crippen MR) is 93.9 cm³/mol. The Labute approximate surface area is 137 Å². The van der Waals surface area contributed by atoms with E-state index >= 15 is 0 Å². The first kappa shape index (κ1) is 14.0. The summed E-state index contributed by atoms with van der Waals surface area (Å²) < 4.78 is 1.88. The zero-order valence-corrected chi connectivity index (χ0v) is 13.4. The van der Waals surface area contributed by atoms with E-state index in [2.05, 4.69) is 23.2 Å². The van der Waals surface area contributed by atoms with Gasteiger partial charge in [-0.1, -0.05) is 36.4 Å². The quantitative estimate of drug-likeness (QED) is 0.624. The number of benzene rings is 1. The third kappa shape index (κ3) is 2.49. The summed E-state index contributed by atoms with van der Waals surface area (Å²) in [6, 6.07) is 15.8. The van der Waals surface area contributed by atoms with Crippen LogP contribution in [0.25, 0.3) is 21.6 Å². The molecule has 0 unspecified atom stereocenters. The Bertz CT molecular complexity index is 1010. The first-order valence-electron chi connectivity index (χ1n) is 7.40. The molecule has 4 nitrogen and oxygen atoms in total. The third-order valence-electron chi connectivity index (χ3n) is 3.87. The number of nitrogens with one attached hydrogen (secondary N) is 1. The van der Waals surface area contributed by atoms with Gasteiger partial charge in [0.05, 0.1) is 11.4 Å². The molecule has 1 aromatic carbocycles. The molecule has 0 saturated heterocycles. The summed E-state index contributed by atoms with van der Waals surface area (Å²) >= 11 is 1.66. The average molecular weight is 321 g/mol. The van der Waals surface area contributed by atoms with Crippen LogP contribution in [-0.2, 0) is 6.54 Å². The van der Waals surface area contributed by atoms with Crippen LogP contribution in [0.2, 0.25) is 0 Å². The fourth-order valence-electron chi connectivity index (χ4n) is 2.84. The van der Waals surface area contributed by atoms with E-state index in [0.717, 1.165) is 32.7 Å². The molecule has 114 valence electrons. The number of hydrogen-bond donors (Lipinski definition) is 1. The summed E-state index contributed by atoms with van der Waals surface area (Å²) in [4.78, 5) is 16.0. The molecule has 23 heavy (non-hydrogen) atoms. The van der Waals surface area contributed by atoms with E-state index in [-0.39, 0.29) is 5.56 Å². The van der Waals surface area contributed by atoms with Crippen molar-refractivity contribution in [1.29, 1.82) is 0 Å².